The van der Waals surface area contributed by atoms with E-state index in [-0.39, 0.29) is 5.91 Å². The molecule has 1 aromatic rings. The molecule has 0 aliphatic carbocycles. The van der Waals surface area contributed by atoms with Gasteiger partial charge in [0.15, 0.2) is 5.13 Å². The van der Waals surface area contributed by atoms with E-state index >= 15 is 0 Å². The van der Waals surface area contributed by atoms with Crippen molar-refractivity contribution in [3.63, 3.8) is 0 Å². The molecule has 7 heteroatoms. The second kappa shape index (κ2) is 5.97. The Bertz CT molecular complexity index is 487. The van der Waals surface area contributed by atoms with Crippen LogP contribution in [0.5, 0.6) is 0 Å². The van der Waals surface area contributed by atoms with Gasteiger partial charge in [0.05, 0.1) is 0 Å². The van der Waals surface area contributed by atoms with Crippen molar-refractivity contribution in [1.82, 2.24) is 14.8 Å². The fourth-order valence-electron chi connectivity index (χ4n) is 2.48. The summed E-state index contributed by atoms with van der Waals surface area (Å²) in [6.45, 7) is 2.94. The normalized spacial score (nSPS) is 19.3. The Balaban J connectivity index is 2.03. The van der Waals surface area contributed by atoms with Gasteiger partial charge in [-0.3, -0.25) is 4.79 Å². The van der Waals surface area contributed by atoms with E-state index in [0.717, 1.165) is 31.2 Å². The van der Waals surface area contributed by atoms with E-state index in [9.17, 15) is 4.79 Å². The second-order valence-corrected chi connectivity index (χ2v) is 6.69. The van der Waals surface area contributed by atoms with Gasteiger partial charge in [-0.1, -0.05) is 11.3 Å². The van der Waals surface area contributed by atoms with Gasteiger partial charge >= 0.3 is 0 Å². The highest BCUT2D eigenvalue weighted by atomic mass is 32.1. The smallest absolute Gasteiger partial charge is 0.267 e. The molecule has 1 saturated heterocycles. The summed E-state index contributed by atoms with van der Waals surface area (Å²) in [6.07, 6.45) is 1.15. The molecule has 1 unspecified atom stereocenters. The minimum atomic E-state index is -0.0253. The zero-order chi connectivity index (χ0) is 14.9. The van der Waals surface area contributed by atoms with Gasteiger partial charge in [0, 0.05) is 34.2 Å². The van der Waals surface area contributed by atoms with Gasteiger partial charge in [0.25, 0.3) is 5.91 Å². The fraction of sp³-hybridized carbons (Fsp3) is 0.692. The molecule has 1 atom stereocenters. The number of nitrogens with zero attached hydrogens (tertiary/aromatic N) is 4. The summed E-state index contributed by atoms with van der Waals surface area (Å²) in [5.74, 6) is 0.859. The Kier molecular flexibility index (Phi) is 4.49. The van der Waals surface area contributed by atoms with Gasteiger partial charge in [-0.2, -0.15) is 0 Å². The van der Waals surface area contributed by atoms with Crippen LogP contribution in [0.1, 0.15) is 16.1 Å². The third-order valence-electron chi connectivity index (χ3n) is 3.59. The van der Waals surface area contributed by atoms with E-state index in [4.69, 9.17) is 5.73 Å². The number of thiazole rings is 1. The fourth-order valence-corrected chi connectivity index (χ4v) is 3.39. The molecule has 0 saturated carbocycles. The summed E-state index contributed by atoms with van der Waals surface area (Å²) in [5.41, 5.74) is 5.87. The molecule has 6 nitrogen and oxygen atoms in total. The number of hydrogen-bond donors (Lipinski definition) is 1. The van der Waals surface area contributed by atoms with Crippen LogP contribution in [0.4, 0.5) is 10.9 Å². The van der Waals surface area contributed by atoms with Crippen LogP contribution in [0.25, 0.3) is 0 Å². The Labute approximate surface area is 124 Å². The number of nitrogens with two attached hydrogens (primary N) is 1. The number of nitrogen functional groups attached to an aromatic ring is 1. The van der Waals surface area contributed by atoms with Gasteiger partial charge in [-0.25, -0.2) is 4.98 Å². The van der Waals surface area contributed by atoms with E-state index in [1.165, 1.54) is 11.3 Å². The Morgan fingerprint density at radius 3 is 2.70 bits per heavy atom. The van der Waals surface area contributed by atoms with Crippen molar-refractivity contribution in [2.75, 3.05) is 58.5 Å². The molecule has 0 aromatic carbocycles. The molecule has 2 rings (SSSR count). The van der Waals surface area contributed by atoms with E-state index in [1.54, 1.807) is 4.90 Å². The number of amides is 1. The number of rotatable bonds is 4. The molecule has 2 heterocycles. The molecule has 1 aliphatic rings. The summed E-state index contributed by atoms with van der Waals surface area (Å²) in [6, 6.07) is 0. The van der Waals surface area contributed by atoms with E-state index in [0.29, 0.717) is 16.6 Å². The van der Waals surface area contributed by atoms with Crippen molar-refractivity contribution >= 4 is 28.2 Å². The van der Waals surface area contributed by atoms with Crippen LogP contribution < -0.4 is 10.6 Å². The van der Waals surface area contributed by atoms with E-state index in [2.05, 4.69) is 16.9 Å². The lowest BCUT2D eigenvalue weighted by atomic mass is 10.1. The zero-order valence-corrected chi connectivity index (χ0v) is 13.4. The monoisotopic (exact) mass is 297 g/mol. The van der Waals surface area contributed by atoms with Crippen molar-refractivity contribution in [2.24, 2.45) is 5.92 Å². The maximum atomic E-state index is 12.5. The molecule has 112 valence electrons. The average Bonchev–Trinajstić information content (AvgIpc) is 2.95. The molecular weight excluding hydrogens is 274 g/mol. The van der Waals surface area contributed by atoms with Crippen LogP contribution >= 0.6 is 11.3 Å². The van der Waals surface area contributed by atoms with Crippen molar-refractivity contribution in [1.29, 1.82) is 0 Å². The minimum absolute atomic E-state index is 0.0253. The van der Waals surface area contributed by atoms with Crippen LogP contribution in [0, 0.1) is 5.92 Å². The molecule has 2 N–H and O–H groups in total. The van der Waals surface area contributed by atoms with Crippen molar-refractivity contribution in [2.45, 2.75) is 6.42 Å². The van der Waals surface area contributed by atoms with Crippen LogP contribution in [-0.2, 0) is 0 Å². The lowest BCUT2D eigenvalue weighted by Gasteiger charge is -2.20. The summed E-state index contributed by atoms with van der Waals surface area (Å²) in [7, 11) is 7.75. The topological polar surface area (TPSA) is 65.7 Å². The lowest BCUT2D eigenvalue weighted by Crippen LogP contribution is -2.32. The predicted octanol–water partition coefficient (Wildman–Crippen LogP) is 0.815. The minimum Gasteiger partial charge on any atom is -0.382 e. The molecule has 0 bridgehead atoms. The summed E-state index contributed by atoms with van der Waals surface area (Å²) >= 11 is 1.35. The molecule has 1 amide bonds. The van der Waals surface area contributed by atoms with Gasteiger partial charge in [0.1, 0.15) is 10.7 Å². The quantitative estimate of drug-likeness (QED) is 0.891. The first-order valence-electron chi connectivity index (χ1n) is 6.76. The number of anilines is 2. The number of carbonyl (C=O) groups excluding carboxylic acids is 1. The van der Waals surface area contributed by atoms with E-state index < -0.39 is 0 Å². The number of likely N-dealkylation sites (tertiary alicyclic amines) is 1. The highest BCUT2D eigenvalue weighted by Crippen LogP contribution is 2.28. The maximum absolute atomic E-state index is 12.5. The van der Waals surface area contributed by atoms with Crippen LogP contribution in [0.15, 0.2) is 0 Å². The zero-order valence-electron chi connectivity index (χ0n) is 12.6. The highest BCUT2D eigenvalue weighted by Gasteiger charge is 2.25. The molecular formula is C13H23N5OS. The number of carbonyl (C=O) groups is 1. The van der Waals surface area contributed by atoms with Crippen molar-refractivity contribution in [3.05, 3.63) is 4.88 Å². The molecule has 1 fully saturated rings. The standard InChI is InChI=1S/C13H23N5OS/c1-16(2)13-15-11(14)10(20-13)12(19)18(4)8-9-5-6-17(3)7-9/h9H,5-8,14H2,1-4H3. The second-order valence-electron chi connectivity index (χ2n) is 5.71. The third-order valence-corrected chi connectivity index (χ3v) is 4.81. The van der Waals surface area contributed by atoms with Gasteiger partial charge in [0.2, 0.25) is 0 Å². The highest BCUT2D eigenvalue weighted by molar-refractivity contribution is 7.18. The number of hydrogen-bond acceptors (Lipinski definition) is 6. The average molecular weight is 297 g/mol. The van der Waals surface area contributed by atoms with Gasteiger partial charge in [-0.05, 0) is 25.9 Å². The Morgan fingerprint density at radius 1 is 1.50 bits per heavy atom. The first-order valence-corrected chi connectivity index (χ1v) is 7.57. The summed E-state index contributed by atoms with van der Waals surface area (Å²) in [5, 5.41) is 0.764. The molecule has 0 radical (unpaired) electrons. The predicted molar refractivity (Wildman–Crippen MR) is 83.4 cm³/mol. The molecule has 1 aliphatic heterocycles. The van der Waals surface area contributed by atoms with E-state index in [1.807, 2.05) is 26.0 Å². The first-order chi connectivity index (χ1) is 9.38. The van der Waals surface area contributed by atoms with Gasteiger partial charge < -0.3 is 20.4 Å². The van der Waals surface area contributed by atoms with Crippen molar-refractivity contribution in [3.8, 4) is 0 Å². The summed E-state index contributed by atoms with van der Waals surface area (Å²) in [4.78, 5) is 23.2. The molecule has 20 heavy (non-hydrogen) atoms. The maximum Gasteiger partial charge on any atom is 0.267 e. The molecule has 1 aromatic heterocycles. The molecule has 0 spiro atoms. The van der Waals surface area contributed by atoms with Crippen molar-refractivity contribution < 1.29 is 4.79 Å². The Morgan fingerprint density at radius 2 is 2.20 bits per heavy atom. The SMILES string of the molecule is CN1CCC(CN(C)C(=O)c2sc(N(C)C)nc2N)C1. The van der Waals surface area contributed by atoms with Gasteiger partial charge in [-0.15, -0.1) is 0 Å². The Hall–Kier alpha value is -1.34. The van der Waals surface area contributed by atoms with Crippen LogP contribution in [0.2, 0.25) is 0 Å². The first kappa shape index (κ1) is 15.1. The lowest BCUT2D eigenvalue weighted by molar-refractivity contribution is 0.0779. The van der Waals surface area contributed by atoms with Crippen LogP contribution in [-0.4, -0.2) is 68.5 Å². The number of aromatic nitrogens is 1. The third kappa shape index (κ3) is 3.21. The largest absolute Gasteiger partial charge is 0.382 e. The summed E-state index contributed by atoms with van der Waals surface area (Å²) < 4.78 is 0. The van der Waals surface area contributed by atoms with Crippen LogP contribution in [0.3, 0.4) is 0 Å².